The number of hydrogen-bond acceptors (Lipinski definition) is 4. The average molecular weight is 239 g/mol. The van der Waals surface area contributed by atoms with Gasteiger partial charge in [-0.05, 0) is 20.8 Å². The summed E-state index contributed by atoms with van der Waals surface area (Å²) >= 11 is 0. The average Bonchev–Trinajstić information content (AvgIpc) is 3.07. The molecule has 2 heterocycles. The quantitative estimate of drug-likeness (QED) is 0.626. The van der Waals surface area contributed by atoms with Crippen LogP contribution in [0.3, 0.4) is 0 Å². The van der Waals surface area contributed by atoms with Crippen molar-refractivity contribution in [3.8, 4) is 5.75 Å². The number of carbonyl (C=O) groups is 1. The van der Waals surface area contributed by atoms with Crippen molar-refractivity contribution in [3.63, 3.8) is 0 Å². The normalized spacial score (nSPS) is 17.9. The number of aromatic amines is 1. The number of carbonyl (C=O) groups excluding carboxylic acids is 1. The number of hydrogen-bond donors (Lipinski definition) is 1. The second kappa shape index (κ2) is 4.79. The molecule has 0 saturated carbocycles. The van der Waals surface area contributed by atoms with Gasteiger partial charge in [0.15, 0.2) is 11.4 Å². The predicted octanol–water partition coefficient (Wildman–Crippen LogP) is 1.59. The van der Waals surface area contributed by atoms with Crippen molar-refractivity contribution in [1.82, 2.24) is 4.98 Å². The van der Waals surface area contributed by atoms with Crippen LogP contribution in [0.25, 0.3) is 0 Å². The monoisotopic (exact) mass is 239 g/mol. The van der Waals surface area contributed by atoms with Crippen LogP contribution in [0.1, 0.15) is 28.7 Å². The van der Waals surface area contributed by atoms with Gasteiger partial charge in [0.2, 0.25) is 0 Å². The summed E-state index contributed by atoms with van der Waals surface area (Å²) in [6, 6.07) is 0. The van der Waals surface area contributed by atoms with Crippen LogP contribution in [0.4, 0.5) is 0 Å². The number of H-pyrrole nitrogens is 1. The molecule has 5 nitrogen and oxygen atoms in total. The van der Waals surface area contributed by atoms with Crippen molar-refractivity contribution >= 4 is 5.97 Å². The number of aromatic nitrogens is 1. The minimum atomic E-state index is -0.379. The van der Waals surface area contributed by atoms with E-state index in [2.05, 4.69) is 4.98 Å². The van der Waals surface area contributed by atoms with Gasteiger partial charge in [0.05, 0.1) is 13.2 Å². The van der Waals surface area contributed by atoms with Gasteiger partial charge in [0.25, 0.3) is 0 Å². The highest BCUT2D eigenvalue weighted by Crippen LogP contribution is 2.28. The van der Waals surface area contributed by atoms with Gasteiger partial charge in [-0.15, -0.1) is 0 Å². The molecule has 17 heavy (non-hydrogen) atoms. The zero-order valence-electron chi connectivity index (χ0n) is 10.3. The van der Waals surface area contributed by atoms with Crippen LogP contribution in [0.2, 0.25) is 0 Å². The molecule has 1 aliphatic rings. The Labute approximate surface area is 100 Å². The minimum Gasteiger partial charge on any atom is -0.488 e. The first-order chi connectivity index (χ1) is 8.13. The minimum absolute atomic E-state index is 0.166. The lowest BCUT2D eigenvalue weighted by Gasteiger charge is -2.06. The topological polar surface area (TPSA) is 63.9 Å². The second-order valence-corrected chi connectivity index (χ2v) is 4.07. The smallest absolute Gasteiger partial charge is 0.358 e. The van der Waals surface area contributed by atoms with Crippen LogP contribution in [0, 0.1) is 13.8 Å². The van der Waals surface area contributed by atoms with E-state index in [-0.39, 0.29) is 12.1 Å². The van der Waals surface area contributed by atoms with Crippen molar-refractivity contribution in [3.05, 3.63) is 17.0 Å². The number of epoxide rings is 1. The van der Waals surface area contributed by atoms with Crippen LogP contribution < -0.4 is 4.74 Å². The lowest BCUT2D eigenvalue weighted by Crippen LogP contribution is -2.10. The summed E-state index contributed by atoms with van der Waals surface area (Å²) < 4.78 is 15.7. The molecule has 0 bridgehead atoms. The molecule has 94 valence electrons. The van der Waals surface area contributed by atoms with Crippen molar-refractivity contribution in [2.75, 3.05) is 19.8 Å². The van der Waals surface area contributed by atoms with Crippen molar-refractivity contribution in [2.45, 2.75) is 26.9 Å². The van der Waals surface area contributed by atoms with E-state index in [1.165, 1.54) is 0 Å². The Kier molecular flexibility index (Phi) is 3.38. The summed E-state index contributed by atoms with van der Waals surface area (Å²) in [5, 5.41) is 0. The first-order valence-electron chi connectivity index (χ1n) is 5.74. The molecular weight excluding hydrogens is 222 g/mol. The summed E-state index contributed by atoms with van der Waals surface area (Å²) in [6.07, 6.45) is 0.166. The van der Waals surface area contributed by atoms with E-state index in [4.69, 9.17) is 14.2 Å². The molecule has 1 aliphatic heterocycles. The first kappa shape index (κ1) is 12.0. The van der Waals surface area contributed by atoms with E-state index in [9.17, 15) is 4.79 Å². The van der Waals surface area contributed by atoms with Gasteiger partial charge in [0, 0.05) is 11.3 Å². The molecule has 0 aromatic carbocycles. The van der Waals surface area contributed by atoms with Crippen molar-refractivity contribution in [2.24, 2.45) is 0 Å². The fourth-order valence-electron chi connectivity index (χ4n) is 1.56. The van der Waals surface area contributed by atoms with Crippen molar-refractivity contribution in [1.29, 1.82) is 0 Å². The molecule has 0 spiro atoms. The molecule has 1 atom stereocenters. The Morgan fingerprint density at radius 2 is 2.24 bits per heavy atom. The van der Waals surface area contributed by atoms with Gasteiger partial charge in [-0.2, -0.15) is 0 Å². The standard InChI is InChI=1S/C12H17NO4/c1-4-15-12(14)10-11(7(2)8(3)13-10)17-6-9-5-16-9/h9,13H,4-6H2,1-3H3. The lowest BCUT2D eigenvalue weighted by atomic mass is 10.2. The third-order valence-electron chi connectivity index (χ3n) is 2.74. The largest absolute Gasteiger partial charge is 0.488 e. The molecule has 2 rings (SSSR count). The first-order valence-corrected chi connectivity index (χ1v) is 5.74. The third kappa shape index (κ3) is 2.61. The SMILES string of the molecule is CCOC(=O)c1[nH]c(C)c(C)c1OCC1CO1. The van der Waals surface area contributed by atoms with Crippen molar-refractivity contribution < 1.29 is 19.0 Å². The van der Waals surface area contributed by atoms with Crippen LogP contribution in [-0.4, -0.2) is 36.9 Å². The number of nitrogens with one attached hydrogen (secondary N) is 1. The maximum atomic E-state index is 11.7. The summed E-state index contributed by atoms with van der Waals surface area (Å²) in [6.45, 7) is 7.15. The van der Waals surface area contributed by atoms with Gasteiger partial charge >= 0.3 is 5.97 Å². The Balaban J connectivity index is 2.16. The zero-order chi connectivity index (χ0) is 12.4. The highest BCUT2D eigenvalue weighted by Gasteiger charge is 2.26. The summed E-state index contributed by atoms with van der Waals surface area (Å²) in [5.41, 5.74) is 2.25. The van der Waals surface area contributed by atoms with E-state index >= 15 is 0 Å². The van der Waals surface area contributed by atoms with E-state index in [1.807, 2.05) is 13.8 Å². The molecular formula is C12H17NO4. The molecule has 1 aromatic rings. The molecule has 1 unspecified atom stereocenters. The van der Waals surface area contributed by atoms with E-state index in [0.29, 0.717) is 24.7 Å². The third-order valence-corrected chi connectivity index (χ3v) is 2.74. The highest BCUT2D eigenvalue weighted by molar-refractivity contribution is 5.91. The summed E-state index contributed by atoms with van der Waals surface area (Å²) in [4.78, 5) is 14.7. The molecule has 1 saturated heterocycles. The van der Waals surface area contributed by atoms with Crippen LogP contribution in [0.5, 0.6) is 5.75 Å². The van der Waals surface area contributed by atoms with Crippen LogP contribution in [-0.2, 0) is 9.47 Å². The number of esters is 1. The molecule has 1 N–H and O–H groups in total. The molecule has 1 aromatic heterocycles. The molecule has 5 heteroatoms. The zero-order valence-corrected chi connectivity index (χ0v) is 10.3. The summed E-state index contributed by atoms with van der Waals surface area (Å²) in [5.74, 6) is 0.201. The Morgan fingerprint density at radius 3 is 2.82 bits per heavy atom. The number of rotatable bonds is 5. The van der Waals surface area contributed by atoms with Gasteiger partial charge in [-0.3, -0.25) is 0 Å². The van der Waals surface area contributed by atoms with E-state index in [1.54, 1.807) is 6.92 Å². The Bertz CT molecular complexity index is 420. The predicted molar refractivity (Wildman–Crippen MR) is 61.5 cm³/mol. The fraction of sp³-hybridized carbons (Fsp3) is 0.583. The van der Waals surface area contributed by atoms with Crippen LogP contribution >= 0.6 is 0 Å². The van der Waals surface area contributed by atoms with Crippen LogP contribution in [0.15, 0.2) is 0 Å². The molecule has 0 amide bonds. The Morgan fingerprint density at radius 1 is 1.53 bits per heavy atom. The molecule has 1 fully saturated rings. The molecule has 0 radical (unpaired) electrons. The maximum absolute atomic E-state index is 11.7. The molecule has 0 aliphatic carbocycles. The van der Waals surface area contributed by atoms with E-state index < -0.39 is 0 Å². The maximum Gasteiger partial charge on any atom is 0.358 e. The Hall–Kier alpha value is -1.49. The van der Waals surface area contributed by atoms with Gasteiger partial charge in [-0.1, -0.05) is 0 Å². The van der Waals surface area contributed by atoms with Gasteiger partial charge in [-0.25, -0.2) is 4.79 Å². The number of ether oxygens (including phenoxy) is 3. The van der Waals surface area contributed by atoms with Gasteiger partial charge < -0.3 is 19.2 Å². The number of aryl methyl sites for hydroxylation is 1. The lowest BCUT2D eigenvalue weighted by molar-refractivity contribution is 0.0515. The second-order valence-electron chi connectivity index (χ2n) is 4.07. The van der Waals surface area contributed by atoms with E-state index in [0.717, 1.165) is 17.9 Å². The fourth-order valence-corrected chi connectivity index (χ4v) is 1.56. The summed E-state index contributed by atoms with van der Waals surface area (Å²) in [7, 11) is 0. The highest BCUT2D eigenvalue weighted by atomic mass is 16.6. The van der Waals surface area contributed by atoms with Gasteiger partial charge in [0.1, 0.15) is 12.7 Å².